The smallest absolute Gasteiger partial charge is 0.227 e. The minimum Gasteiger partial charge on any atom is -0.360 e. The van der Waals surface area contributed by atoms with Crippen LogP contribution < -0.4 is 5.32 Å². The van der Waals surface area contributed by atoms with Gasteiger partial charge in [0, 0.05) is 44.9 Å². The maximum absolute atomic E-state index is 11.9. The molecule has 2 aromatic rings. The fourth-order valence-electron chi connectivity index (χ4n) is 1.92. The summed E-state index contributed by atoms with van der Waals surface area (Å²) in [6, 6.07) is 5.32. The van der Waals surface area contributed by atoms with Crippen molar-refractivity contribution in [1.29, 1.82) is 0 Å². The van der Waals surface area contributed by atoms with Crippen LogP contribution in [0.3, 0.4) is 0 Å². The molecule has 0 aliphatic carbocycles. The zero-order valence-corrected chi connectivity index (χ0v) is 12.6. The summed E-state index contributed by atoms with van der Waals surface area (Å²) < 4.78 is 4.87. The Bertz CT molecular complexity index is 639. The van der Waals surface area contributed by atoms with Gasteiger partial charge in [-0.1, -0.05) is 5.16 Å². The van der Waals surface area contributed by atoms with Crippen LogP contribution in [0.2, 0.25) is 0 Å². The molecule has 0 saturated heterocycles. The van der Waals surface area contributed by atoms with Crippen LogP contribution in [-0.2, 0) is 16.1 Å². The fraction of sp³-hybridized carbons (Fsp3) is 0.333. The van der Waals surface area contributed by atoms with E-state index in [1.165, 1.54) is 6.92 Å². The van der Waals surface area contributed by atoms with Crippen LogP contribution in [0.15, 0.2) is 35.1 Å². The second kappa shape index (κ2) is 7.35. The Hall–Kier alpha value is -2.70. The molecule has 2 amide bonds. The van der Waals surface area contributed by atoms with Gasteiger partial charge in [0.25, 0.3) is 0 Å². The van der Waals surface area contributed by atoms with Gasteiger partial charge in [-0.15, -0.1) is 0 Å². The number of carbonyl (C=O) groups excluding carboxylic acids is 2. The molecule has 0 atom stereocenters. The van der Waals surface area contributed by atoms with Gasteiger partial charge in [0.15, 0.2) is 5.82 Å². The topological polar surface area (TPSA) is 88.3 Å². The van der Waals surface area contributed by atoms with E-state index in [4.69, 9.17) is 4.52 Å². The highest BCUT2D eigenvalue weighted by Crippen LogP contribution is 2.08. The number of hydrogen-bond acceptors (Lipinski definition) is 5. The molecule has 7 nitrogen and oxygen atoms in total. The highest BCUT2D eigenvalue weighted by molar-refractivity contribution is 5.90. The van der Waals surface area contributed by atoms with Crippen molar-refractivity contribution < 1.29 is 14.1 Å². The molecule has 0 unspecified atom stereocenters. The number of hydrogen-bond donors (Lipinski definition) is 1. The third-order valence-corrected chi connectivity index (χ3v) is 3.07. The lowest BCUT2D eigenvalue weighted by atomic mass is 10.2. The molecule has 2 aromatic heterocycles. The number of nitrogens with zero attached hydrogens (tertiary/aromatic N) is 3. The molecular weight excluding hydrogens is 284 g/mol. The molecule has 22 heavy (non-hydrogen) atoms. The van der Waals surface area contributed by atoms with Crippen LogP contribution in [0, 0.1) is 6.92 Å². The van der Waals surface area contributed by atoms with Gasteiger partial charge in [-0.3, -0.25) is 14.6 Å². The summed E-state index contributed by atoms with van der Waals surface area (Å²) in [4.78, 5) is 29.1. The van der Waals surface area contributed by atoms with Gasteiger partial charge in [-0.2, -0.15) is 0 Å². The molecule has 0 spiro atoms. The highest BCUT2D eigenvalue weighted by Gasteiger charge is 2.13. The molecule has 0 radical (unpaired) electrons. The van der Waals surface area contributed by atoms with Crippen molar-refractivity contribution in [3.8, 4) is 0 Å². The first-order valence-corrected chi connectivity index (χ1v) is 6.92. The number of anilines is 1. The summed E-state index contributed by atoms with van der Waals surface area (Å²) in [5.74, 6) is 0.709. The van der Waals surface area contributed by atoms with Gasteiger partial charge >= 0.3 is 0 Å². The Morgan fingerprint density at radius 1 is 1.32 bits per heavy atom. The molecule has 0 saturated carbocycles. The van der Waals surface area contributed by atoms with Gasteiger partial charge in [0.1, 0.15) is 5.76 Å². The summed E-state index contributed by atoms with van der Waals surface area (Å²) in [6.45, 7) is 4.02. The van der Waals surface area contributed by atoms with Crippen molar-refractivity contribution >= 4 is 17.6 Å². The molecule has 1 N–H and O–H groups in total. The predicted molar refractivity (Wildman–Crippen MR) is 79.8 cm³/mol. The number of aryl methyl sites for hydroxylation is 1. The van der Waals surface area contributed by atoms with Crippen LogP contribution in [0.4, 0.5) is 5.82 Å². The quantitative estimate of drug-likeness (QED) is 0.878. The number of aromatic nitrogens is 2. The van der Waals surface area contributed by atoms with Crippen molar-refractivity contribution in [3.63, 3.8) is 0 Å². The maximum Gasteiger partial charge on any atom is 0.227 e. The minimum absolute atomic E-state index is 0.0816. The number of carbonyl (C=O) groups is 2. The van der Waals surface area contributed by atoms with Crippen molar-refractivity contribution in [1.82, 2.24) is 15.0 Å². The summed E-state index contributed by atoms with van der Waals surface area (Å²) in [7, 11) is 0. The van der Waals surface area contributed by atoms with E-state index in [9.17, 15) is 9.59 Å². The molecule has 0 fully saturated rings. The van der Waals surface area contributed by atoms with E-state index >= 15 is 0 Å². The Morgan fingerprint density at radius 3 is 2.64 bits per heavy atom. The zero-order valence-electron chi connectivity index (χ0n) is 12.6. The molecule has 0 aromatic carbocycles. The molecule has 2 heterocycles. The normalized spacial score (nSPS) is 10.3. The third-order valence-electron chi connectivity index (χ3n) is 3.07. The monoisotopic (exact) mass is 302 g/mol. The third kappa shape index (κ3) is 4.69. The first kappa shape index (κ1) is 15.7. The molecular formula is C15H18N4O3. The largest absolute Gasteiger partial charge is 0.360 e. The summed E-state index contributed by atoms with van der Waals surface area (Å²) >= 11 is 0. The maximum atomic E-state index is 11.9. The Labute approximate surface area is 128 Å². The predicted octanol–water partition coefficient (Wildman–Crippen LogP) is 1.76. The van der Waals surface area contributed by atoms with Crippen LogP contribution in [0.5, 0.6) is 0 Å². The van der Waals surface area contributed by atoms with Gasteiger partial charge in [-0.05, 0) is 24.6 Å². The second-order valence-corrected chi connectivity index (χ2v) is 4.92. The summed E-state index contributed by atoms with van der Waals surface area (Å²) in [6.07, 6.45) is 3.54. The molecule has 0 bridgehead atoms. The Kier molecular flexibility index (Phi) is 5.24. The number of pyridine rings is 1. The molecule has 0 aliphatic rings. The van der Waals surface area contributed by atoms with E-state index in [2.05, 4.69) is 15.5 Å². The van der Waals surface area contributed by atoms with E-state index in [0.717, 1.165) is 5.56 Å². The van der Waals surface area contributed by atoms with E-state index in [-0.39, 0.29) is 18.2 Å². The SMILES string of the molecule is CC(=O)N(CCC(=O)Nc1cc(C)on1)Cc1ccncc1. The zero-order chi connectivity index (χ0) is 15.9. The lowest BCUT2D eigenvalue weighted by molar-refractivity contribution is -0.129. The molecule has 7 heteroatoms. The van der Waals surface area contributed by atoms with Gasteiger partial charge in [0.2, 0.25) is 11.8 Å². The van der Waals surface area contributed by atoms with Gasteiger partial charge in [-0.25, -0.2) is 0 Å². The van der Waals surface area contributed by atoms with Gasteiger partial charge < -0.3 is 14.7 Å². The first-order valence-electron chi connectivity index (χ1n) is 6.92. The summed E-state index contributed by atoms with van der Waals surface area (Å²) in [5, 5.41) is 6.32. The molecule has 116 valence electrons. The van der Waals surface area contributed by atoms with Crippen LogP contribution in [-0.4, -0.2) is 33.4 Å². The Morgan fingerprint density at radius 2 is 2.05 bits per heavy atom. The van der Waals surface area contributed by atoms with Crippen molar-refractivity contribution in [3.05, 3.63) is 41.9 Å². The lowest BCUT2D eigenvalue weighted by Gasteiger charge is -2.20. The average molecular weight is 302 g/mol. The van der Waals surface area contributed by atoms with E-state index in [1.54, 1.807) is 30.3 Å². The van der Waals surface area contributed by atoms with Crippen LogP contribution >= 0.6 is 0 Å². The lowest BCUT2D eigenvalue weighted by Crippen LogP contribution is -2.31. The Balaban J connectivity index is 1.86. The average Bonchev–Trinajstić information content (AvgIpc) is 2.89. The first-order chi connectivity index (χ1) is 10.5. The van der Waals surface area contributed by atoms with E-state index < -0.39 is 0 Å². The number of nitrogens with one attached hydrogen (secondary N) is 1. The summed E-state index contributed by atoms with van der Waals surface area (Å²) in [5.41, 5.74) is 0.970. The van der Waals surface area contributed by atoms with Crippen LogP contribution in [0.25, 0.3) is 0 Å². The molecule has 2 rings (SSSR count). The minimum atomic E-state index is -0.214. The van der Waals surface area contributed by atoms with Gasteiger partial charge in [0.05, 0.1) is 0 Å². The molecule has 0 aliphatic heterocycles. The standard InChI is InChI=1S/C15H18N4O3/c1-11-9-14(18-22-11)17-15(21)5-8-19(12(2)20)10-13-3-6-16-7-4-13/h3-4,6-7,9H,5,8,10H2,1-2H3,(H,17,18,21). The van der Waals surface area contributed by atoms with Crippen molar-refractivity contribution in [2.24, 2.45) is 0 Å². The number of amides is 2. The van der Waals surface area contributed by atoms with Crippen molar-refractivity contribution in [2.45, 2.75) is 26.8 Å². The van der Waals surface area contributed by atoms with Crippen LogP contribution in [0.1, 0.15) is 24.7 Å². The fourth-order valence-corrected chi connectivity index (χ4v) is 1.92. The van der Waals surface area contributed by atoms with E-state index in [1.807, 2.05) is 12.1 Å². The highest BCUT2D eigenvalue weighted by atomic mass is 16.5. The van der Waals surface area contributed by atoms with Crippen molar-refractivity contribution in [2.75, 3.05) is 11.9 Å². The van der Waals surface area contributed by atoms with E-state index in [0.29, 0.717) is 24.7 Å². The number of rotatable bonds is 6. The second-order valence-electron chi connectivity index (χ2n) is 4.92.